The highest BCUT2D eigenvalue weighted by molar-refractivity contribution is 6.09. The zero-order valence-corrected chi connectivity index (χ0v) is 11.4. The van der Waals surface area contributed by atoms with Crippen molar-refractivity contribution in [3.63, 3.8) is 0 Å². The van der Waals surface area contributed by atoms with Crippen molar-refractivity contribution >= 4 is 27.9 Å². The van der Waals surface area contributed by atoms with Crippen LogP contribution in [0.2, 0.25) is 0 Å². The maximum Gasteiger partial charge on any atom is 0.200 e. The standard InChI is InChI=1S/C17H12N2O3/c20-17-15(12-7-3-4-8-13(12)19-17)16-11-6-2-1-5-10(11)14(22-16)9-18-21/h1-9,19-21H. The van der Waals surface area contributed by atoms with Crippen LogP contribution in [0.3, 0.4) is 0 Å². The van der Waals surface area contributed by atoms with Crippen LogP contribution in [0.4, 0.5) is 0 Å². The molecule has 5 nitrogen and oxygen atoms in total. The summed E-state index contributed by atoms with van der Waals surface area (Å²) in [5, 5.41) is 24.7. The van der Waals surface area contributed by atoms with E-state index in [4.69, 9.17) is 9.62 Å². The van der Waals surface area contributed by atoms with Gasteiger partial charge in [-0.25, -0.2) is 0 Å². The third-order valence-electron chi connectivity index (χ3n) is 3.74. The molecule has 0 aliphatic carbocycles. The van der Waals surface area contributed by atoms with E-state index in [1.165, 1.54) is 6.21 Å². The average molecular weight is 292 g/mol. The van der Waals surface area contributed by atoms with Crippen molar-refractivity contribution < 1.29 is 14.7 Å². The molecular formula is C17H12N2O3. The molecule has 0 unspecified atom stereocenters. The number of furan rings is 1. The van der Waals surface area contributed by atoms with E-state index in [0.717, 1.165) is 21.7 Å². The van der Waals surface area contributed by atoms with Crippen molar-refractivity contribution in [2.75, 3.05) is 0 Å². The Bertz CT molecular complexity index is 1010. The smallest absolute Gasteiger partial charge is 0.200 e. The Morgan fingerprint density at radius 2 is 1.64 bits per heavy atom. The summed E-state index contributed by atoms with van der Waals surface area (Å²) < 4.78 is 5.85. The molecule has 2 aromatic heterocycles. The maximum atomic E-state index is 10.3. The van der Waals surface area contributed by atoms with Crippen molar-refractivity contribution in [1.82, 2.24) is 4.98 Å². The molecule has 0 radical (unpaired) electrons. The van der Waals surface area contributed by atoms with Gasteiger partial charge in [0.25, 0.3) is 0 Å². The molecule has 4 aromatic rings. The van der Waals surface area contributed by atoms with Gasteiger partial charge in [0.15, 0.2) is 5.76 Å². The van der Waals surface area contributed by atoms with Crippen LogP contribution in [0.15, 0.2) is 58.1 Å². The molecule has 5 heteroatoms. The first-order chi connectivity index (χ1) is 10.8. The lowest BCUT2D eigenvalue weighted by molar-refractivity contribution is 0.321. The number of rotatable bonds is 2. The van der Waals surface area contributed by atoms with Crippen LogP contribution in [0, 0.1) is 0 Å². The summed E-state index contributed by atoms with van der Waals surface area (Å²) in [4.78, 5) is 2.94. The first-order valence-corrected chi connectivity index (χ1v) is 6.78. The Morgan fingerprint density at radius 3 is 2.41 bits per heavy atom. The summed E-state index contributed by atoms with van der Waals surface area (Å²) in [6, 6.07) is 15.2. The van der Waals surface area contributed by atoms with Gasteiger partial charge in [-0.1, -0.05) is 47.6 Å². The second-order valence-corrected chi connectivity index (χ2v) is 4.98. The third kappa shape index (κ3) is 1.69. The fourth-order valence-corrected chi connectivity index (χ4v) is 2.81. The minimum Gasteiger partial charge on any atom is -0.494 e. The van der Waals surface area contributed by atoms with Gasteiger partial charge >= 0.3 is 0 Å². The summed E-state index contributed by atoms with van der Waals surface area (Å²) >= 11 is 0. The largest absolute Gasteiger partial charge is 0.494 e. The van der Waals surface area contributed by atoms with Gasteiger partial charge < -0.3 is 19.7 Å². The number of benzene rings is 2. The van der Waals surface area contributed by atoms with Gasteiger partial charge in [-0.15, -0.1) is 0 Å². The minimum absolute atomic E-state index is 0.0493. The van der Waals surface area contributed by atoms with Crippen molar-refractivity contribution in [2.45, 2.75) is 0 Å². The number of hydrogen-bond donors (Lipinski definition) is 3. The number of aromatic amines is 1. The lowest BCUT2D eigenvalue weighted by atomic mass is 10.1. The molecule has 0 aliphatic rings. The van der Waals surface area contributed by atoms with E-state index in [0.29, 0.717) is 17.1 Å². The Balaban J connectivity index is 2.11. The molecule has 0 saturated carbocycles. The third-order valence-corrected chi connectivity index (χ3v) is 3.74. The van der Waals surface area contributed by atoms with E-state index in [-0.39, 0.29) is 5.88 Å². The SMILES string of the molecule is ON=Cc1oc(-c2c(O)[nH]c3ccccc23)c2ccccc12. The summed E-state index contributed by atoms with van der Waals surface area (Å²) in [6.45, 7) is 0. The average Bonchev–Trinajstić information content (AvgIpc) is 3.05. The van der Waals surface area contributed by atoms with Gasteiger partial charge in [-0.05, 0) is 6.07 Å². The normalized spacial score (nSPS) is 11.8. The maximum absolute atomic E-state index is 10.3. The van der Waals surface area contributed by atoms with Gasteiger partial charge in [0.05, 0.1) is 5.56 Å². The molecule has 2 aromatic carbocycles. The molecule has 3 N–H and O–H groups in total. The molecule has 4 rings (SSSR count). The molecule has 0 bridgehead atoms. The van der Waals surface area contributed by atoms with E-state index >= 15 is 0 Å². The highest BCUT2D eigenvalue weighted by Crippen LogP contribution is 2.41. The number of nitrogens with one attached hydrogen (secondary N) is 1. The van der Waals surface area contributed by atoms with E-state index in [9.17, 15) is 5.11 Å². The predicted octanol–water partition coefficient (Wildman–Crippen LogP) is 4.09. The fraction of sp³-hybridized carbons (Fsp3) is 0. The van der Waals surface area contributed by atoms with Crippen LogP contribution in [0.25, 0.3) is 33.0 Å². The number of aromatic nitrogens is 1. The molecular weight excluding hydrogens is 280 g/mol. The van der Waals surface area contributed by atoms with Crippen LogP contribution in [-0.4, -0.2) is 21.5 Å². The predicted molar refractivity (Wildman–Crippen MR) is 84.6 cm³/mol. The number of hydrogen-bond acceptors (Lipinski definition) is 4. The van der Waals surface area contributed by atoms with Crippen LogP contribution in [0.1, 0.15) is 5.76 Å². The lowest BCUT2D eigenvalue weighted by Gasteiger charge is -1.97. The molecule has 0 aliphatic heterocycles. The van der Waals surface area contributed by atoms with Gasteiger partial charge in [0.1, 0.15) is 12.0 Å². The highest BCUT2D eigenvalue weighted by atomic mass is 16.4. The number of para-hydroxylation sites is 1. The number of H-pyrrole nitrogens is 1. The molecule has 0 atom stereocenters. The number of fused-ring (bicyclic) bond motifs is 2. The van der Waals surface area contributed by atoms with Gasteiger partial charge in [0.2, 0.25) is 5.88 Å². The van der Waals surface area contributed by atoms with Crippen molar-refractivity contribution in [3.8, 4) is 17.2 Å². The fourth-order valence-electron chi connectivity index (χ4n) is 2.81. The lowest BCUT2D eigenvalue weighted by Crippen LogP contribution is -1.75. The molecule has 0 amide bonds. The van der Waals surface area contributed by atoms with Gasteiger partial charge in [0, 0.05) is 21.7 Å². The second kappa shape index (κ2) is 4.66. The number of oxime groups is 1. The van der Waals surface area contributed by atoms with Crippen molar-refractivity contribution in [3.05, 3.63) is 54.3 Å². The summed E-state index contributed by atoms with van der Waals surface area (Å²) in [7, 11) is 0. The second-order valence-electron chi connectivity index (χ2n) is 4.98. The zero-order valence-electron chi connectivity index (χ0n) is 11.4. The zero-order chi connectivity index (χ0) is 15.1. The minimum atomic E-state index is 0.0493. The van der Waals surface area contributed by atoms with E-state index in [2.05, 4.69) is 10.1 Å². The topological polar surface area (TPSA) is 81.8 Å². The Hall–Kier alpha value is -3.21. The van der Waals surface area contributed by atoms with Gasteiger partial charge in [-0.3, -0.25) is 0 Å². The quantitative estimate of drug-likeness (QED) is 0.295. The molecule has 2 heterocycles. The van der Waals surface area contributed by atoms with Crippen LogP contribution in [-0.2, 0) is 0 Å². The molecule has 22 heavy (non-hydrogen) atoms. The summed E-state index contributed by atoms with van der Waals surface area (Å²) in [6.07, 6.45) is 1.25. The van der Waals surface area contributed by atoms with E-state index in [1.54, 1.807) is 0 Å². The monoisotopic (exact) mass is 292 g/mol. The Morgan fingerprint density at radius 1 is 0.955 bits per heavy atom. The Labute approximate surface area is 125 Å². The van der Waals surface area contributed by atoms with Gasteiger partial charge in [-0.2, -0.15) is 0 Å². The molecule has 108 valence electrons. The van der Waals surface area contributed by atoms with Crippen LogP contribution in [0.5, 0.6) is 5.88 Å². The summed E-state index contributed by atoms with van der Waals surface area (Å²) in [5.74, 6) is 1.03. The number of nitrogens with zero attached hydrogens (tertiary/aromatic N) is 1. The van der Waals surface area contributed by atoms with Crippen molar-refractivity contribution in [1.29, 1.82) is 0 Å². The first-order valence-electron chi connectivity index (χ1n) is 6.78. The Kier molecular flexibility index (Phi) is 2.66. The highest BCUT2D eigenvalue weighted by Gasteiger charge is 2.20. The van der Waals surface area contributed by atoms with E-state index in [1.807, 2.05) is 48.5 Å². The summed E-state index contributed by atoms with van der Waals surface area (Å²) in [5.41, 5.74) is 1.43. The van der Waals surface area contributed by atoms with E-state index < -0.39 is 0 Å². The number of aromatic hydroxyl groups is 1. The van der Waals surface area contributed by atoms with Crippen LogP contribution >= 0.6 is 0 Å². The molecule has 0 saturated heterocycles. The van der Waals surface area contributed by atoms with Crippen molar-refractivity contribution in [2.24, 2.45) is 5.16 Å². The first kappa shape index (κ1) is 12.5. The molecule has 0 spiro atoms. The molecule has 0 fully saturated rings. The van der Waals surface area contributed by atoms with Crippen LogP contribution < -0.4 is 0 Å².